The number of nitrogens with zero attached hydrogens (tertiary/aromatic N) is 3. The second kappa shape index (κ2) is 6.37. The van der Waals surface area contributed by atoms with E-state index in [4.69, 9.17) is 11.5 Å². The summed E-state index contributed by atoms with van der Waals surface area (Å²) in [6.45, 7) is 2.08. The normalized spacial score (nSPS) is 20.7. The number of imidazole rings is 1. The van der Waals surface area contributed by atoms with Crippen LogP contribution in [-0.2, 0) is 0 Å². The molecule has 130 valence electrons. The van der Waals surface area contributed by atoms with Crippen LogP contribution in [0.2, 0.25) is 0 Å². The van der Waals surface area contributed by atoms with E-state index in [1.807, 2.05) is 12.3 Å². The zero-order valence-corrected chi connectivity index (χ0v) is 14.4. The molecule has 1 aliphatic carbocycles. The number of hydrogen-bond acceptors (Lipinski definition) is 5. The molecule has 0 radical (unpaired) electrons. The Bertz CT molecular complexity index is 892. The maximum Gasteiger partial charge on any atom is 0.177 e. The monoisotopic (exact) mass is 336 g/mol. The molecule has 5 N–H and O–H groups in total. The third-order valence-electron chi connectivity index (χ3n) is 5.07. The van der Waals surface area contributed by atoms with Crippen LogP contribution in [-0.4, -0.2) is 20.6 Å². The molecule has 0 aliphatic heterocycles. The lowest BCUT2D eigenvalue weighted by Crippen LogP contribution is -2.26. The summed E-state index contributed by atoms with van der Waals surface area (Å²) in [5.41, 5.74) is 17.5. The molecular formula is C19H24N6. The Morgan fingerprint density at radius 1 is 1.20 bits per heavy atom. The van der Waals surface area contributed by atoms with E-state index in [1.54, 1.807) is 10.7 Å². The van der Waals surface area contributed by atoms with Crippen molar-refractivity contribution in [3.63, 3.8) is 0 Å². The second-order valence-corrected chi connectivity index (χ2v) is 6.98. The molecule has 25 heavy (non-hydrogen) atoms. The van der Waals surface area contributed by atoms with Crippen molar-refractivity contribution in [2.45, 2.75) is 44.6 Å². The highest BCUT2D eigenvalue weighted by molar-refractivity contribution is 5.80. The lowest BCUT2D eigenvalue weighted by molar-refractivity contribution is 0.396. The quantitative estimate of drug-likeness (QED) is 0.682. The number of anilines is 3. The van der Waals surface area contributed by atoms with Crippen molar-refractivity contribution in [3.8, 4) is 0 Å². The van der Waals surface area contributed by atoms with E-state index in [0.717, 1.165) is 48.3 Å². The number of nitrogens with two attached hydrogens (primary N) is 2. The van der Waals surface area contributed by atoms with Crippen LogP contribution in [0.5, 0.6) is 0 Å². The molecule has 6 heteroatoms. The average Bonchev–Trinajstić information content (AvgIpc) is 3.04. The molecule has 2 heterocycles. The van der Waals surface area contributed by atoms with Crippen LogP contribution in [0.4, 0.5) is 17.2 Å². The van der Waals surface area contributed by atoms with Crippen LogP contribution in [0.25, 0.3) is 5.65 Å². The lowest BCUT2D eigenvalue weighted by Gasteiger charge is -2.28. The van der Waals surface area contributed by atoms with Gasteiger partial charge in [-0.1, -0.05) is 12.1 Å². The fraction of sp³-hybridized carbons (Fsp3) is 0.368. The summed E-state index contributed by atoms with van der Waals surface area (Å²) in [6, 6.07) is 8.61. The average molecular weight is 336 g/mol. The molecule has 0 atom stereocenters. The van der Waals surface area contributed by atoms with Gasteiger partial charge in [-0.05, 0) is 56.2 Å². The molecular weight excluding hydrogens is 312 g/mol. The molecule has 3 aromatic rings. The largest absolute Gasteiger partial charge is 0.382 e. The maximum atomic E-state index is 6.36. The summed E-state index contributed by atoms with van der Waals surface area (Å²) in [4.78, 5) is 4.51. The van der Waals surface area contributed by atoms with Crippen LogP contribution in [0.15, 0.2) is 36.7 Å². The first-order valence-electron chi connectivity index (χ1n) is 8.84. The smallest absolute Gasteiger partial charge is 0.177 e. The minimum atomic E-state index is 0.300. The van der Waals surface area contributed by atoms with E-state index in [1.165, 1.54) is 5.56 Å². The Kier molecular flexibility index (Phi) is 4.05. The van der Waals surface area contributed by atoms with Gasteiger partial charge in [-0.2, -0.15) is 0 Å². The van der Waals surface area contributed by atoms with Gasteiger partial charge in [0.25, 0.3) is 0 Å². The van der Waals surface area contributed by atoms with Crippen molar-refractivity contribution in [1.82, 2.24) is 14.6 Å². The Morgan fingerprint density at radius 3 is 2.76 bits per heavy atom. The Morgan fingerprint density at radius 2 is 2.00 bits per heavy atom. The summed E-state index contributed by atoms with van der Waals surface area (Å²) in [7, 11) is 0. The van der Waals surface area contributed by atoms with Crippen molar-refractivity contribution in [3.05, 3.63) is 47.8 Å². The molecule has 0 bridgehead atoms. The molecule has 1 fully saturated rings. The first kappa shape index (κ1) is 15.9. The zero-order valence-electron chi connectivity index (χ0n) is 14.4. The molecule has 0 unspecified atom stereocenters. The first-order valence-corrected chi connectivity index (χ1v) is 8.84. The molecule has 6 nitrogen and oxygen atoms in total. The Hall–Kier alpha value is -2.60. The molecule has 0 amide bonds. The van der Waals surface area contributed by atoms with Crippen LogP contribution in [0, 0.1) is 6.92 Å². The predicted molar refractivity (Wildman–Crippen MR) is 101 cm³/mol. The first-order chi connectivity index (χ1) is 12.1. The number of nitrogen functional groups attached to an aromatic ring is 1. The molecule has 1 saturated carbocycles. The molecule has 1 aliphatic rings. The highest BCUT2D eigenvalue weighted by Crippen LogP contribution is 2.41. The second-order valence-electron chi connectivity index (χ2n) is 6.98. The third kappa shape index (κ3) is 3.05. The minimum Gasteiger partial charge on any atom is -0.382 e. The van der Waals surface area contributed by atoms with Gasteiger partial charge in [0.2, 0.25) is 0 Å². The van der Waals surface area contributed by atoms with Gasteiger partial charge in [-0.3, -0.25) is 0 Å². The predicted octanol–water partition coefficient (Wildman–Crippen LogP) is 3.35. The molecule has 1 aromatic carbocycles. The maximum absolute atomic E-state index is 6.36. The van der Waals surface area contributed by atoms with Gasteiger partial charge in [0, 0.05) is 29.7 Å². The summed E-state index contributed by atoms with van der Waals surface area (Å²) in [5.74, 6) is 0.933. The summed E-state index contributed by atoms with van der Waals surface area (Å²) >= 11 is 0. The van der Waals surface area contributed by atoms with Crippen LogP contribution >= 0.6 is 0 Å². The number of benzene rings is 1. The number of aromatic nitrogens is 3. The third-order valence-corrected chi connectivity index (χ3v) is 5.07. The van der Waals surface area contributed by atoms with Gasteiger partial charge in [0.1, 0.15) is 5.82 Å². The van der Waals surface area contributed by atoms with E-state index >= 15 is 0 Å². The van der Waals surface area contributed by atoms with Gasteiger partial charge in [0.15, 0.2) is 5.65 Å². The fourth-order valence-corrected chi connectivity index (χ4v) is 3.79. The number of aryl methyl sites for hydroxylation is 1. The highest BCUT2D eigenvalue weighted by Gasteiger charge is 2.27. The minimum absolute atomic E-state index is 0.300. The van der Waals surface area contributed by atoms with Gasteiger partial charge in [-0.15, -0.1) is 5.10 Å². The standard InChI is InChI=1S/C19H24N6/c1-12-3-2-4-15(11-12)23-17-16(13-5-7-14(20)8-6-13)18(21)24-25-10-9-22-19(17)25/h2-4,9-11,13-14,23H,5-8,20H2,1H3,(H2,21,24). The van der Waals surface area contributed by atoms with Crippen LogP contribution < -0.4 is 16.8 Å². The summed E-state index contributed by atoms with van der Waals surface area (Å²) in [6.07, 6.45) is 7.69. The number of rotatable bonds is 3. The van der Waals surface area contributed by atoms with Gasteiger partial charge in [-0.25, -0.2) is 9.50 Å². The Labute approximate surface area is 147 Å². The van der Waals surface area contributed by atoms with Crippen molar-refractivity contribution in [1.29, 1.82) is 0 Å². The fourth-order valence-electron chi connectivity index (χ4n) is 3.79. The van der Waals surface area contributed by atoms with Crippen LogP contribution in [0.1, 0.15) is 42.7 Å². The number of hydrogen-bond donors (Lipinski definition) is 3. The van der Waals surface area contributed by atoms with E-state index in [2.05, 4.69) is 40.5 Å². The van der Waals surface area contributed by atoms with E-state index < -0.39 is 0 Å². The number of fused-ring (bicyclic) bond motifs is 1. The zero-order chi connectivity index (χ0) is 17.4. The van der Waals surface area contributed by atoms with Crippen molar-refractivity contribution >= 4 is 22.8 Å². The van der Waals surface area contributed by atoms with Gasteiger partial charge in [0.05, 0.1) is 5.69 Å². The van der Waals surface area contributed by atoms with Crippen molar-refractivity contribution in [2.75, 3.05) is 11.1 Å². The summed E-state index contributed by atoms with van der Waals surface area (Å²) in [5, 5.41) is 8.07. The lowest BCUT2D eigenvalue weighted by atomic mass is 9.81. The number of nitrogens with one attached hydrogen (secondary N) is 1. The van der Waals surface area contributed by atoms with Crippen molar-refractivity contribution < 1.29 is 0 Å². The molecule has 4 rings (SSSR count). The van der Waals surface area contributed by atoms with Crippen LogP contribution in [0.3, 0.4) is 0 Å². The molecule has 0 saturated heterocycles. The Balaban J connectivity index is 1.82. The van der Waals surface area contributed by atoms with Crippen molar-refractivity contribution in [2.24, 2.45) is 5.73 Å². The van der Waals surface area contributed by atoms with Gasteiger partial charge >= 0.3 is 0 Å². The van der Waals surface area contributed by atoms with Gasteiger partial charge < -0.3 is 16.8 Å². The summed E-state index contributed by atoms with van der Waals surface area (Å²) < 4.78 is 1.74. The highest BCUT2D eigenvalue weighted by atomic mass is 15.3. The van der Waals surface area contributed by atoms with E-state index in [9.17, 15) is 0 Å². The SMILES string of the molecule is Cc1cccc(Nc2c(C3CCC(N)CC3)c(N)nn3ccnc23)c1. The molecule has 0 spiro atoms. The molecule has 2 aromatic heterocycles. The van der Waals surface area contributed by atoms with E-state index in [-0.39, 0.29) is 0 Å². The van der Waals surface area contributed by atoms with E-state index in [0.29, 0.717) is 17.8 Å². The topological polar surface area (TPSA) is 94.3 Å².